The quantitative estimate of drug-likeness (QED) is 0.642. The Kier molecular flexibility index (Phi) is 7.44. The first-order valence-corrected chi connectivity index (χ1v) is 11.8. The molecule has 0 aliphatic carbocycles. The van der Waals surface area contributed by atoms with Crippen molar-refractivity contribution in [2.24, 2.45) is 0 Å². The molecule has 154 valence electrons. The van der Waals surface area contributed by atoms with E-state index in [1.54, 1.807) is 6.92 Å². The Morgan fingerprint density at radius 2 is 1.52 bits per heavy atom. The van der Waals surface area contributed by atoms with E-state index in [1.165, 1.54) is 11.8 Å². The molecule has 0 amide bonds. The summed E-state index contributed by atoms with van der Waals surface area (Å²) in [5.74, 6) is -0.940. The number of carbonyl (C=O) groups is 1. The molecule has 1 aromatic carbocycles. The lowest BCUT2D eigenvalue weighted by Crippen LogP contribution is -2.32. The molecule has 1 rings (SSSR count). The second kappa shape index (κ2) is 8.43. The number of carboxylic acids is 1. The van der Waals surface area contributed by atoms with Crippen LogP contribution in [0.25, 0.3) is 0 Å². The highest BCUT2D eigenvalue weighted by Gasteiger charge is 2.31. The molecule has 0 bridgehead atoms. The lowest BCUT2D eigenvalue weighted by molar-refractivity contribution is -0.136. The third-order valence-corrected chi connectivity index (χ3v) is 7.83. The summed E-state index contributed by atoms with van der Waals surface area (Å²) in [7, 11) is -3.70. The zero-order chi connectivity index (χ0) is 21.2. The Bertz CT molecular complexity index is 749. The van der Waals surface area contributed by atoms with E-state index in [-0.39, 0.29) is 34.5 Å². The second-order valence-electron chi connectivity index (χ2n) is 8.82. The molecule has 5 nitrogen and oxygen atoms in total. The summed E-state index contributed by atoms with van der Waals surface area (Å²) in [5, 5.41) is 18.5. The van der Waals surface area contributed by atoms with Gasteiger partial charge in [0, 0.05) is 21.8 Å². The van der Waals surface area contributed by atoms with Gasteiger partial charge in [0.15, 0.2) is 15.1 Å². The summed E-state index contributed by atoms with van der Waals surface area (Å²) in [6, 6.07) is 3.80. The number of hydrogen-bond donors (Lipinski definition) is 2. The van der Waals surface area contributed by atoms with Crippen LogP contribution in [0.4, 0.5) is 0 Å². The summed E-state index contributed by atoms with van der Waals surface area (Å²) in [6.45, 7) is 13.7. The molecule has 1 unspecified atom stereocenters. The van der Waals surface area contributed by atoms with Crippen molar-refractivity contribution < 1.29 is 23.4 Å². The number of phenolic OH excluding ortho intramolecular Hbond substituents is 1. The Balaban J connectivity index is 3.13. The van der Waals surface area contributed by atoms with E-state index in [1.807, 2.05) is 53.7 Å². The number of rotatable bonds is 7. The Labute approximate surface area is 167 Å². The van der Waals surface area contributed by atoms with Crippen molar-refractivity contribution in [2.75, 3.05) is 11.5 Å². The molecule has 7 heteroatoms. The smallest absolute Gasteiger partial charge is 0.321 e. The summed E-state index contributed by atoms with van der Waals surface area (Å²) in [5.41, 5.74) is 1.11. The van der Waals surface area contributed by atoms with Crippen LogP contribution in [0.5, 0.6) is 5.75 Å². The first kappa shape index (κ1) is 23.8. The first-order chi connectivity index (χ1) is 12.1. The maximum Gasteiger partial charge on any atom is 0.321 e. The molecule has 0 aromatic heterocycles. The van der Waals surface area contributed by atoms with E-state index in [4.69, 9.17) is 5.11 Å². The summed E-state index contributed by atoms with van der Waals surface area (Å²) >= 11 is 1.37. The molecule has 0 aliphatic heterocycles. The molecule has 0 saturated carbocycles. The maximum absolute atomic E-state index is 12.3. The zero-order valence-corrected chi connectivity index (χ0v) is 18.9. The van der Waals surface area contributed by atoms with E-state index in [2.05, 4.69) is 0 Å². The minimum atomic E-state index is -3.70. The number of carboxylic acid groups (broad SMARTS) is 1. The van der Waals surface area contributed by atoms with Gasteiger partial charge >= 0.3 is 5.97 Å². The van der Waals surface area contributed by atoms with Crippen molar-refractivity contribution in [3.05, 3.63) is 23.3 Å². The minimum absolute atomic E-state index is 0.0594. The lowest BCUT2D eigenvalue weighted by Gasteiger charge is -2.28. The van der Waals surface area contributed by atoms with Crippen molar-refractivity contribution in [3.63, 3.8) is 0 Å². The van der Waals surface area contributed by atoms with Crippen LogP contribution in [0.15, 0.2) is 17.0 Å². The molecule has 0 fully saturated rings. The number of hydrogen-bond acceptors (Lipinski definition) is 5. The maximum atomic E-state index is 12.3. The molecule has 2 N–H and O–H groups in total. The number of aliphatic carboxylic acids is 1. The van der Waals surface area contributed by atoms with Crippen LogP contribution in [0, 0.1) is 0 Å². The van der Waals surface area contributed by atoms with Gasteiger partial charge in [-0.3, -0.25) is 4.79 Å². The van der Waals surface area contributed by atoms with Gasteiger partial charge in [0.05, 0.1) is 5.75 Å². The van der Waals surface area contributed by atoms with Gasteiger partial charge in [0.1, 0.15) is 5.75 Å². The van der Waals surface area contributed by atoms with Crippen LogP contribution < -0.4 is 0 Å². The molecule has 1 aromatic rings. The van der Waals surface area contributed by atoms with Gasteiger partial charge in [-0.25, -0.2) is 8.42 Å². The van der Waals surface area contributed by atoms with Gasteiger partial charge < -0.3 is 10.2 Å². The molecular formula is C20H32O5S2. The SMILES string of the molecule is CCC(C(=O)O)S(=O)(=O)CCSc1cc(C(C)(C)C)c(O)c(C(C)(C)C)c1. The van der Waals surface area contributed by atoms with E-state index in [9.17, 15) is 18.3 Å². The predicted octanol–water partition coefficient (Wildman–Crippen LogP) is 4.36. The zero-order valence-electron chi connectivity index (χ0n) is 17.3. The van der Waals surface area contributed by atoms with Crippen molar-refractivity contribution in [2.45, 2.75) is 75.9 Å². The van der Waals surface area contributed by atoms with Gasteiger partial charge in [0.25, 0.3) is 0 Å². The van der Waals surface area contributed by atoms with E-state index in [0.29, 0.717) is 0 Å². The highest BCUT2D eigenvalue weighted by atomic mass is 32.2. The summed E-state index contributed by atoms with van der Waals surface area (Å²) in [6.07, 6.45) is 0.0594. The second-order valence-corrected chi connectivity index (χ2v) is 12.3. The molecule has 0 saturated heterocycles. The van der Waals surface area contributed by atoms with E-state index >= 15 is 0 Å². The number of thioether (sulfide) groups is 1. The van der Waals surface area contributed by atoms with Crippen LogP contribution in [-0.2, 0) is 25.5 Å². The van der Waals surface area contributed by atoms with Crippen LogP contribution in [0.1, 0.15) is 66.0 Å². The molecule has 0 aliphatic rings. The van der Waals surface area contributed by atoms with Crippen molar-refractivity contribution in [3.8, 4) is 5.75 Å². The van der Waals surface area contributed by atoms with Gasteiger partial charge in [-0.15, -0.1) is 11.8 Å². The summed E-state index contributed by atoms with van der Waals surface area (Å²) in [4.78, 5) is 12.0. The average Bonchev–Trinajstić information content (AvgIpc) is 2.45. The number of benzene rings is 1. The average molecular weight is 417 g/mol. The fraction of sp³-hybridized carbons (Fsp3) is 0.650. The van der Waals surface area contributed by atoms with Gasteiger partial charge in [-0.1, -0.05) is 48.5 Å². The summed E-state index contributed by atoms with van der Waals surface area (Å²) < 4.78 is 24.5. The standard InChI is InChI=1S/C20H32O5S2/c1-8-16(18(22)23)27(24,25)10-9-26-13-11-14(19(2,3)4)17(21)15(12-13)20(5,6)7/h11-12,16,21H,8-10H2,1-7H3,(H,22,23). The number of sulfone groups is 1. The fourth-order valence-electron chi connectivity index (χ4n) is 2.83. The third kappa shape index (κ3) is 6.14. The molecule has 0 spiro atoms. The van der Waals surface area contributed by atoms with Crippen LogP contribution in [0.2, 0.25) is 0 Å². The van der Waals surface area contributed by atoms with Gasteiger partial charge in [-0.2, -0.15) is 0 Å². The van der Waals surface area contributed by atoms with Crippen LogP contribution in [-0.4, -0.2) is 41.4 Å². The number of phenols is 1. The van der Waals surface area contributed by atoms with Crippen LogP contribution in [0.3, 0.4) is 0 Å². The highest BCUT2D eigenvalue weighted by Crippen LogP contribution is 2.41. The molecular weight excluding hydrogens is 384 g/mol. The third-order valence-electron chi connectivity index (χ3n) is 4.42. The van der Waals surface area contributed by atoms with Crippen LogP contribution >= 0.6 is 11.8 Å². The van der Waals surface area contributed by atoms with Crippen molar-refractivity contribution >= 4 is 27.6 Å². The van der Waals surface area contributed by atoms with Gasteiger partial charge in [-0.05, 0) is 29.4 Å². The largest absolute Gasteiger partial charge is 0.507 e. The van der Waals surface area contributed by atoms with Crippen molar-refractivity contribution in [1.29, 1.82) is 0 Å². The number of aromatic hydroxyl groups is 1. The monoisotopic (exact) mass is 416 g/mol. The van der Waals surface area contributed by atoms with Gasteiger partial charge in [0.2, 0.25) is 0 Å². The normalized spacial score (nSPS) is 14.2. The first-order valence-electron chi connectivity index (χ1n) is 9.06. The topological polar surface area (TPSA) is 91.7 Å². The molecule has 0 radical (unpaired) electrons. The molecule has 27 heavy (non-hydrogen) atoms. The predicted molar refractivity (Wildman–Crippen MR) is 112 cm³/mol. The van der Waals surface area contributed by atoms with E-state index < -0.39 is 21.1 Å². The minimum Gasteiger partial charge on any atom is -0.507 e. The molecule has 1 atom stereocenters. The Hall–Kier alpha value is -1.21. The highest BCUT2D eigenvalue weighted by molar-refractivity contribution is 8.01. The van der Waals surface area contributed by atoms with Crippen molar-refractivity contribution in [1.82, 2.24) is 0 Å². The lowest BCUT2D eigenvalue weighted by atomic mass is 9.79. The Morgan fingerprint density at radius 1 is 1.07 bits per heavy atom. The Morgan fingerprint density at radius 3 is 1.85 bits per heavy atom. The molecule has 0 heterocycles. The fourth-order valence-corrected chi connectivity index (χ4v) is 5.84. The van der Waals surface area contributed by atoms with E-state index in [0.717, 1.165) is 16.0 Å².